The molecule has 0 aliphatic heterocycles. The summed E-state index contributed by atoms with van der Waals surface area (Å²) < 4.78 is 6.26. The molecule has 0 radical (unpaired) electrons. The van der Waals surface area contributed by atoms with E-state index >= 15 is 0 Å². The Morgan fingerprint density at radius 1 is 1.05 bits per heavy atom. The molecule has 0 bridgehead atoms. The van der Waals surface area contributed by atoms with Crippen LogP contribution in [0.5, 0.6) is 5.75 Å². The zero-order chi connectivity index (χ0) is 14.9. The highest BCUT2D eigenvalue weighted by Gasteiger charge is 2.26. The van der Waals surface area contributed by atoms with Crippen LogP contribution >= 0.6 is 0 Å². The normalized spacial score (nSPS) is 22.2. The number of hydrogen-bond acceptors (Lipinski definition) is 2. The molecule has 0 heterocycles. The third kappa shape index (κ3) is 5.35. The molecule has 2 nitrogen and oxygen atoms in total. The van der Waals surface area contributed by atoms with Crippen LogP contribution in [-0.2, 0) is 6.42 Å². The number of hydrogen-bond donors (Lipinski definition) is 1. The van der Waals surface area contributed by atoms with E-state index in [9.17, 15) is 0 Å². The van der Waals surface area contributed by atoms with Crippen LogP contribution in [0.3, 0.4) is 0 Å². The fraction of sp³-hybridized carbons (Fsp3) is 0.684. The van der Waals surface area contributed by atoms with Gasteiger partial charge in [-0.25, -0.2) is 0 Å². The average molecular weight is 289 g/mol. The van der Waals surface area contributed by atoms with E-state index in [0.29, 0.717) is 12.1 Å². The lowest BCUT2D eigenvalue weighted by atomic mass is 9.92. The molecule has 1 aliphatic carbocycles. The van der Waals surface area contributed by atoms with E-state index in [1.54, 1.807) is 0 Å². The minimum Gasteiger partial charge on any atom is -0.489 e. The van der Waals surface area contributed by atoms with E-state index in [1.165, 1.54) is 56.9 Å². The molecular weight excluding hydrogens is 258 g/mol. The summed E-state index contributed by atoms with van der Waals surface area (Å²) in [5.41, 5.74) is 1.42. The maximum Gasteiger partial charge on any atom is 0.119 e. The van der Waals surface area contributed by atoms with E-state index in [-0.39, 0.29) is 0 Å². The smallest absolute Gasteiger partial charge is 0.119 e. The van der Waals surface area contributed by atoms with E-state index < -0.39 is 0 Å². The minimum absolute atomic E-state index is 0.340. The minimum atomic E-state index is 0.340. The summed E-state index contributed by atoms with van der Waals surface area (Å²) in [5, 5.41) is 3.66. The Balaban J connectivity index is 1.89. The largest absolute Gasteiger partial charge is 0.489 e. The molecule has 0 saturated heterocycles. The zero-order valence-corrected chi connectivity index (χ0v) is 13.7. The molecule has 1 aliphatic rings. The predicted octanol–water partition coefficient (Wildman–Crippen LogP) is 4.72. The number of ether oxygens (including phenoxy) is 1. The van der Waals surface area contributed by atoms with Crippen molar-refractivity contribution < 1.29 is 4.74 Å². The Kier molecular flexibility index (Phi) is 7.08. The molecule has 1 N–H and O–H groups in total. The quantitative estimate of drug-likeness (QED) is 0.747. The van der Waals surface area contributed by atoms with Gasteiger partial charge < -0.3 is 10.1 Å². The van der Waals surface area contributed by atoms with Crippen LogP contribution < -0.4 is 10.1 Å². The zero-order valence-electron chi connectivity index (χ0n) is 13.7. The van der Waals surface area contributed by atoms with Crippen LogP contribution in [0.15, 0.2) is 24.3 Å². The lowest BCUT2D eigenvalue weighted by Crippen LogP contribution is -2.45. The van der Waals surface area contributed by atoms with Crippen LogP contribution in [0.1, 0.15) is 64.4 Å². The molecule has 0 spiro atoms. The van der Waals surface area contributed by atoms with Crippen LogP contribution in [0.25, 0.3) is 0 Å². The molecule has 2 heteroatoms. The summed E-state index contributed by atoms with van der Waals surface area (Å²) in [6.07, 6.45) is 10.3. The second-order valence-electron chi connectivity index (χ2n) is 6.25. The number of unbranched alkanes of at least 4 members (excludes halogenated alkanes) is 1. The van der Waals surface area contributed by atoms with Gasteiger partial charge in [0.15, 0.2) is 0 Å². The number of nitrogens with one attached hydrogen (secondary N) is 1. The molecule has 118 valence electrons. The van der Waals surface area contributed by atoms with Crippen molar-refractivity contribution >= 4 is 0 Å². The predicted molar refractivity (Wildman–Crippen MR) is 90.0 cm³/mol. The lowest BCUT2D eigenvalue weighted by molar-refractivity contribution is 0.114. The van der Waals surface area contributed by atoms with E-state index in [0.717, 1.165) is 12.3 Å². The van der Waals surface area contributed by atoms with Gasteiger partial charge in [-0.15, -0.1) is 0 Å². The van der Waals surface area contributed by atoms with Crippen molar-refractivity contribution in [2.45, 2.75) is 77.4 Å². The first-order valence-corrected chi connectivity index (χ1v) is 8.82. The van der Waals surface area contributed by atoms with Gasteiger partial charge in [-0.1, -0.05) is 38.8 Å². The van der Waals surface area contributed by atoms with Crippen LogP contribution in [0.2, 0.25) is 0 Å². The molecule has 2 atom stereocenters. The second-order valence-corrected chi connectivity index (χ2v) is 6.25. The van der Waals surface area contributed by atoms with Crippen molar-refractivity contribution in [1.29, 1.82) is 0 Å². The maximum absolute atomic E-state index is 6.26. The third-order valence-corrected chi connectivity index (χ3v) is 4.39. The highest BCUT2D eigenvalue weighted by Crippen LogP contribution is 2.24. The SMILES string of the molecule is CCCCc1ccc(OC2CCCCC2NCCC)cc1. The van der Waals surface area contributed by atoms with Gasteiger partial charge in [0.2, 0.25) is 0 Å². The fourth-order valence-electron chi connectivity index (χ4n) is 3.09. The number of rotatable bonds is 8. The first-order valence-electron chi connectivity index (χ1n) is 8.82. The molecule has 1 aromatic carbocycles. The van der Waals surface area contributed by atoms with Crippen LogP contribution in [0, 0.1) is 0 Å². The van der Waals surface area contributed by atoms with Gasteiger partial charge in [0, 0.05) is 6.04 Å². The van der Waals surface area contributed by atoms with Gasteiger partial charge in [-0.3, -0.25) is 0 Å². The van der Waals surface area contributed by atoms with Crippen LogP contribution in [-0.4, -0.2) is 18.7 Å². The monoisotopic (exact) mass is 289 g/mol. The first-order chi connectivity index (χ1) is 10.3. The summed E-state index contributed by atoms with van der Waals surface area (Å²) in [6, 6.07) is 9.27. The van der Waals surface area contributed by atoms with Gasteiger partial charge >= 0.3 is 0 Å². The molecule has 21 heavy (non-hydrogen) atoms. The summed E-state index contributed by atoms with van der Waals surface area (Å²) in [4.78, 5) is 0. The van der Waals surface area contributed by atoms with E-state index in [1.807, 2.05) is 0 Å². The molecular formula is C19H31NO. The second kappa shape index (κ2) is 9.09. The van der Waals surface area contributed by atoms with Gasteiger partial charge in [-0.05, 0) is 62.8 Å². The Morgan fingerprint density at radius 2 is 1.81 bits per heavy atom. The Morgan fingerprint density at radius 3 is 2.52 bits per heavy atom. The van der Waals surface area contributed by atoms with Crippen molar-refractivity contribution in [2.75, 3.05) is 6.54 Å². The van der Waals surface area contributed by atoms with E-state index in [2.05, 4.69) is 43.4 Å². The highest BCUT2D eigenvalue weighted by atomic mass is 16.5. The Bertz CT molecular complexity index is 387. The maximum atomic E-state index is 6.26. The molecule has 1 fully saturated rings. The van der Waals surface area contributed by atoms with Crippen molar-refractivity contribution in [2.24, 2.45) is 0 Å². The Hall–Kier alpha value is -1.02. The Labute approximate surface area is 130 Å². The van der Waals surface area contributed by atoms with Crippen molar-refractivity contribution in [1.82, 2.24) is 5.32 Å². The highest BCUT2D eigenvalue weighted by molar-refractivity contribution is 5.27. The fourth-order valence-corrected chi connectivity index (χ4v) is 3.09. The molecule has 1 saturated carbocycles. The van der Waals surface area contributed by atoms with Gasteiger partial charge in [0.1, 0.15) is 11.9 Å². The van der Waals surface area contributed by atoms with Crippen molar-refractivity contribution in [3.8, 4) is 5.75 Å². The molecule has 2 rings (SSSR count). The topological polar surface area (TPSA) is 21.3 Å². The first kappa shape index (κ1) is 16.4. The summed E-state index contributed by atoms with van der Waals surface area (Å²) in [5.74, 6) is 1.03. The standard InChI is InChI=1S/C19H31NO/c1-3-5-8-16-11-13-17(14-12-16)21-19-10-7-6-9-18(19)20-15-4-2/h11-14,18-20H,3-10,15H2,1-2H3. The van der Waals surface area contributed by atoms with Gasteiger partial charge in [0.05, 0.1) is 0 Å². The molecule has 1 aromatic rings. The number of benzene rings is 1. The summed E-state index contributed by atoms with van der Waals surface area (Å²) >= 11 is 0. The van der Waals surface area contributed by atoms with E-state index in [4.69, 9.17) is 4.74 Å². The van der Waals surface area contributed by atoms with Crippen LogP contribution in [0.4, 0.5) is 0 Å². The lowest BCUT2D eigenvalue weighted by Gasteiger charge is -2.32. The van der Waals surface area contributed by atoms with Gasteiger partial charge in [0.25, 0.3) is 0 Å². The van der Waals surface area contributed by atoms with Crippen molar-refractivity contribution in [3.63, 3.8) is 0 Å². The average Bonchev–Trinajstić information content (AvgIpc) is 2.53. The molecule has 0 amide bonds. The van der Waals surface area contributed by atoms with Gasteiger partial charge in [-0.2, -0.15) is 0 Å². The summed E-state index contributed by atoms with van der Waals surface area (Å²) in [7, 11) is 0. The third-order valence-electron chi connectivity index (χ3n) is 4.39. The molecule has 2 unspecified atom stereocenters. The number of aryl methyl sites for hydroxylation is 1. The summed E-state index contributed by atoms with van der Waals surface area (Å²) in [6.45, 7) is 5.56. The molecule has 0 aromatic heterocycles. The van der Waals surface area contributed by atoms with Crippen molar-refractivity contribution in [3.05, 3.63) is 29.8 Å².